The fourth-order valence-corrected chi connectivity index (χ4v) is 2.57. The predicted molar refractivity (Wildman–Crippen MR) is 50.5 cm³/mol. The van der Waals surface area contributed by atoms with E-state index in [1.165, 1.54) is 0 Å². The fourth-order valence-electron chi connectivity index (χ4n) is 1.34. The fraction of sp³-hybridized carbons (Fsp3) is 0.250. The van der Waals surface area contributed by atoms with Gasteiger partial charge in [0, 0.05) is 0 Å². The van der Waals surface area contributed by atoms with E-state index in [1.807, 2.05) is 6.07 Å². The average Bonchev–Trinajstić information content (AvgIpc) is 1.82. The van der Waals surface area contributed by atoms with Crippen LogP contribution in [-0.2, 0) is 0 Å². The molecule has 1 rings (SSSR count). The summed E-state index contributed by atoms with van der Waals surface area (Å²) >= 11 is 0. The van der Waals surface area contributed by atoms with Crippen molar-refractivity contribution >= 4 is 13.2 Å². The zero-order valence-electron chi connectivity index (χ0n) is 7.07. The minimum absolute atomic E-state index is 0.296. The molecule has 0 aliphatic carbocycles. The van der Waals surface area contributed by atoms with Crippen molar-refractivity contribution in [1.29, 1.82) is 0 Å². The van der Waals surface area contributed by atoms with Crippen LogP contribution in [0.4, 0.5) is 0 Å². The molecule has 0 saturated carbocycles. The van der Waals surface area contributed by atoms with Crippen molar-refractivity contribution in [3.8, 4) is 0 Å². The molecule has 0 heterocycles. The monoisotopic (exact) mass is 188 g/mol. The second kappa shape index (κ2) is 3.11. The summed E-state index contributed by atoms with van der Waals surface area (Å²) in [5.74, 6) is 0. The molecule has 0 amide bonds. The summed E-state index contributed by atoms with van der Waals surface area (Å²) in [7, 11) is -4.12. The van der Waals surface area contributed by atoms with Crippen LogP contribution in [0.25, 0.3) is 0 Å². The minimum atomic E-state index is -4.12. The number of rotatable bonds is 1. The van der Waals surface area contributed by atoms with E-state index in [-0.39, 0.29) is 0 Å². The zero-order chi connectivity index (χ0) is 9.35. The van der Waals surface area contributed by atoms with Gasteiger partial charge < -0.3 is 0 Å². The van der Waals surface area contributed by atoms with Crippen LogP contribution >= 0.6 is 7.94 Å². The van der Waals surface area contributed by atoms with Crippen LogP contribution in [-0.4, -0.2) is 14.7 Å². The second-order valence-electron chi connectivity index (χ2n) is 2.90. The van der Waals surface area contributed by atoms with Gasteiger partial charge in [-0.3, -0.25) is 0 Å². The van der Waals surface area contributed by atoms with Crippen LogP contribution in [0.5, 0.6) is 0 Å². The molecule has 0 unspecified atom stereocenters. The van der Waals surface area contributed by atoms with Crippen molar-refractivity contribution in [2.24, 2.45) is 0 Å². The van der Waals surface area contributed by atoms with Crippen molar-refractivity contribution in [1.82, 2.24) is 0 Å². The Kier molecular flexibility index (Phi) is 2.49. The van der Waals surface area contributed by atoms with Crippen molar-refractivity contribution in [3.05, 3.63) is 29.3 Å². The van der Waals surface area contributed by atoms with Crippen molar-refractivity contribution in [2.75, 3.05) is 0 Å². The summed E-state index contributed by atoms with van der Waals surface area (Å²) in [6.45, 7) is 3.49. The first-order chi connectivity index (χ1) is 5.43. The van der Waals surface area contributed by atoms with E-state index in [9.17, 15) is 0 Å². The molecule has 1 aromatic rings. The first-order valence-corrected chi connectivity index (χ1v) is 5.51. The van der Waals surface area contributed by atoms with Gasteiger partial charge in [0.05, 0.1) is 0 Å². The summed E-state index contributed by atoms with van der Waals surface area (Å²) in [5, 5.41) is 0.296. The molecule has 0 fully saturated rings. The summed E-state index contributed by atoms with van der Waals surface area (Å²) < 4.78 is 0. The second-order valence-corrected chi connectivity index (χ2v) is 4.67. The van der Waals surface area contributed by atoms with Crippen LogP contribution in [0.15, 0.2) is 18.2 Å². The molecular formula is C8H13O3P. The molecule has 0 spiro atoms. The quantitative estimate of drug-likeness (QED) is 0.559. The average molecular weight is 188 g/mol. The Bertz CT molecular complexity index is 271. The molecule has 0 atom stereocenters. The molecule has 0 saturated heterocycles. The molecule has 1 aromatic carbocycles. The topological polar surface area (TPSA) is 60.7 Å². The molecule has 68 valence electrons. The molecule has 3 N–H and O–H groups in total. The van der Waals surface area contributed by atoms with Gasteiger partial charge in [-0.25, -0.2) is 0 Å². The molecule has 3 nitrogen and oxygen atoms in total. The van der Waals surface area contributed by atoms with E-state index in [2.05, 4.69) is 0 Å². The van der Waals surface area contributed by atoms with Crippen LogP contribution in [0.3, 0.4) is 0 Å². The van der Waals surface area contributed by atoms with Crippen molar-refractivity contribution < 1.29 is 14.7 Å². The Morgan fingerprint density at radius 3 is 1.67 bits per heavy atom. The molecule has 0 aromatic heterocycles. The molecule has 12 heavy (non-hydrogen) atoms. The van der Waals surface area contributed by atoms with Crippen molar-refractivity contribution in [3.63, 3.8) is 0 Å². The van der Waals surface area contributed by atoms with E-state index in [1.54, 1.807) is 26.0 Å². The van der Waals surface area contributed by atoms with E-state index < -0.39 is 7.94 Å². The van der Waals surface area contributed by atoms with Crippen LogP contribution in [0, 0.1) is 13.8 Å². The maximum absolute atomic E-state index is 9.10. The normalized spacial score (nSPS) is 13.1. The number of benzene rings is 1. The SMILES string of the molecule is Cc1cccc(C)c1[PH](O)(O)O. The van der Waals surface area contributed by atoms with Gasteiger partial charge >= 0.3 is 71.1 Å². The van der Waals surface area contributed by atoms with E-state index >= 15 is 0 Å². The number of hydrogen-bond acceptors (Lipinski definition) is 3. The third-order valence-corrected chi connectivity index (χ3v) is 3.28. The molecule has 0 radical (unpaired) electrons. The summed E-state index contributed by atoms with van der Waals surface area (Å²) in [4.78, 5) is 27.3. The van der Waals surface area contributed by atoms with E-state index in [4.69, 9.17) is 14.7 Å². The van der Waals surface area contributed by atoms with Gasteiger partial charge in [0.25, 0.3) is 0 Å². The predicted octanol–water partition coefficient (Wildman–Crippen LogP) is 0.401. The van der Waals surface area contributed by atoms with Gasteiger partial charge in [-0.2, -0.15) is 0 Å². The number of aryl methyl sites for hydroxylation is 2. The summed E-state index contributed by atoms with van der Waals surface area (Å²) in [6, 6.07) is 5.30. The Morgan fingerprint density at radius 1 is 1.00 bits per heavy atom. The van der Waals surface area contributed by atoms with Gasteiger partial charge in [-0.05, 0) is 0 Å². The standard InChI is InChI=1S/C8H13O3P/c1-6-4-3-5-7(2)8(6)12(9,10)11/h3-5,9-12H,1-2H3. The van der Waals surface area contributed by atoms with Gasteiger partial charge in [-0.15, -0.1) is 0 Å². The van der Waals surface area contributed by atoms with Crippen LogP contribution in [0.2, 0.25) is 0 Å². The van der Waals surface area contributed by atoms with Crippen molar-refractivity contribution in [2.45, 2.75) is 13.8 Å². The Balaban J connectivity index is 3.31. The molecule has 0 aliphatic heterocycles. The van der Waals surface area contributed by atoms with Gasteiger partial charge in [0.1, 0.15) is 0 Å². The Labute approximate surface area is 71.9 Å². The van der Waals surface area contributed by atoms with Gasteiger partial charge in [0.2, 0.25) is 0 Å². The number of hydrogen-bond donors (Lipinski definition) is 3. The Morgan fingerprint density at radius 2 is 1.42 bits per heavy atom. The first-order valence-electron chi connectivity index (χ1n) is 3.66. The van der Waals surface area contributed by atoms with Crippen LogP contribution < -0.4 is 5.30 Å². The molecule has 0 bridgehead atoms. The maximum atomic E-state index is 9.10. The molecule has 4 heteroatoms. The third-order valence-electron chi connectivity index (χ3n) is 1.82. The van der Waals surface area contributed by atoms with Crippen LogP contribution in [0.1, 0.15) is 11.1 Å². The third kappa shape index (κ3) is 1.82. The summed E-state index contributed by atoms with van der Waals surface area (Å²) in [6.07, 6.45) is 0. The molecule has 0 aliphatic rings. The van der Waals surface area contributed by atoms with E-state index in [0.717, 1.165) is 0 Å². The Hall–Kier alpha value is -0.470. The summed E-state index contributed by atoms with van der Waals surface area (Å²) in [5.41, 5.74) is 1.43. The molecular weight excluding hydrogens is 175 g/mol. The zero-order valence-corrected chi connectivity index (χ0v) is 8.07. The van der Waals surface area contributed by atoms with Gasteiger partial charge in [-0.1, -0.05) is 0 Å². The van der Waals surface area contributed by atoms with E-state index in [0.29, 0.717) is 16.4 Å². The van der Waals surface area contributed by atoms with Gasteiger partial charge in [0.15, 0.2) is 0 Å². The first kappa shape index (κ1) is 9.62.